The number of carbonyl (C=O) groups is 3. The molecule has 0 saturated carbocycles. The van der Waals surface area contributed by atoms with Crippen molar-refractivity contribution in [2.75, 3.05) is 11.9 Å². The summed E-state index contributed by atoms with van der Waals surface area (Å²) < 4.78 is 0. The first-order valence-corrected chi connectivity index (χ1v) is 9.40. The quantitative estimate of drug-likeness (QED) is 0.729. The molecule has 2 aromatic rings. The summed E-state index contributed by atoms with van der Waals surface area (Å²) in [4.78, 5) is 38.4. The minimum Gasteiger partial charge on any atom is -0.324 e. The van der Waals surface area contributed by atoms with Crippen molar-refractivity contribution in [1.82, 2.24) is 10.2 Å². The Kier molecular flexibility index (Phi) is 5.70. The molecule has 146 valence electrons. The van der Waals surface area contributed by atoms with Gasteiger partial charge in [0.05, 0.1) is 0 Å². The highest BCUT2D eigenvalue weighted by Gasteiger charge is 2.47. The molecule has 0 aliphatic carbocycles. The predicted molar refractivity (Wildman–Crippen MR) is 108 cm³/mol. The first-order valence-electron chi connectivity index (χ1n) is 9.02. The van der Waals surface area contributed by atoms with Crippen LogP contribution in [0.25, 0.3) is 0 Å². The van der Waals surface area contributed by atoms with E-state index in [0.29, 0.717) is 23.6 Å². The zero-order valence-corrected chi connectivity index (χ0v) is 16.5. The largest absolute Gasteiger partial charge is 0.325 e. The van der Waals surface area contributed by atoms with Gasteiger partial charge in [-0.1, -0.05) is 48.0 Å². The van der Waals surface area contributed by atoms with Crippen molar-refractivity contribution in [3.8, 4) is 0 Å². The molecular formula is C21H22ClN3O3. The third-order valence-electron chi connectivity index (χ3n) is 4.86. The predicted octanol–water partition coefficient (Wildman–Crippen LogP) is 3.53. The standard InChI is InChI=1S/C21H22ClN3O3/c1-14-8-9-16(12-17(14)22)23-18(26)13-25-19(27)21(2,24-20(25)28)11-10-15-6-4-3-5-7-15/h3-9,12H,10-11,13H2,1-2H3,(H,23,26)(H,24,28)/t21-/m1/s1. The fourth-order valence-corrected chi connectivity index (χ4v) is 3.29. The first kappa shape index (κ1) is 19.9. The highest BCUT2D eigenvalue weighted by molar-refractivity contribution is 6.31. The van der Waals surface area contributed by atoms with Gasteiger partial charge in [0, 0.05) is 10.7 Å². The molecule has 7 heteroatoms. The lowest BCUT2D eigenvalue weighted by Crippen LogP contribution is -2.45. The first-order chi connectivity index (χ1) is 13.3. The lowest BCUT2D eigenvalue weighted by molar-refractivity contribution is -0.133. The Labute approximate surface area is 168 Å². The van der Waals surface area contributed by atoms with Crippen LogP contribution in [0.2, 0.25) is 5.02 Å². The molecule has 1 heterocycles. The van der Waals surface area contributed by atoms with E-state index in [9.17, 15) is 14.4 Å². The summed E-state index contributed by atoms with van der Waals surface area (Å²) in [6.45, 7) is 3.20. The molecule has 1 saturated heterocycles. The number of imide groups is 1. The fourth-order valence-electron chi connectivity index (χ4n) is 3.11. The molecule has 1 aliphatic rings. The molecular weight excluding hydrogens is 378 g/mol. The van der Waals surface area contributed by atoms with E-state index in [4.69, 9.17) is 11.6 Å². The number of nitrogens with one attached hydrogen (secondary N) is 2. The number of urea groups is 1. The number of hydrogen-bond donors (Lipinski definition) is 2. The van der Waals surface area contributed by atoms with Crippen LogP contribution in [-0.4, -0.2) is 34.8 Å². The summed E-state index contributed by atoms with van der Waals surface area (Å²) in [5, 5.41) is 5.92. The van der Waals surface area contributed by atoms with Gasteiger partial charge in [-0.25, -0.2) is 4.79 Å². The van der Waals surface area contributed by atoms with Gasteiger partial charge in [0.2, 0.25) is 5.91 Å². The minimum absolute atomic E-state index is 0.350. The van der Waals surface area contributed by atoms with Gasteiger partial charge in [0.1, 0.15) is 12.1 Å². The smallest absolute Gasteiger partial charge is 0.324 e. The average Bonchev–Trinajstić information content (AvgIpc) is 2.87. The Balaban J connectivity index is 1.62. The number of amides is 4. The van der Waals surface area contributed by atoms with Crippen LogP contribution in [0.5, 0.6) is 0 Å². The number of halogens is 1. The monoisotopic (exact) mass is 399 g/mol. The van der Waals surface area contributed by atoms with Crippen LogP contribution in [0.1, 0.15) is 24.5 Å². The van der Waals surface area contributed by atoms with Crippen LogP contribution >= 0.6 is 11.6 Å². The van der Waals surface area contributed by atoms with Crippen molar-refractivity contribution in [2.24, 2.45) is 0 Å². The van der Waals surface area contributed by atoms with Gasteiger partial charge in [-0.2, -0.15) is 0 Å². The van der Waals surface area contributed by atoms with Gasteiger partial charge in [0.15, 0.2) is 0 Å². The molecule has 0 spiro atoms. The maximum Gasteiger partial charge on any atom is 0.325 e. The highest BCUT2D eigenvalue weighted by Crippen LogP contribution is 2.24. The Morgan fingerprint density at radius 1 is 1.18 bits per heavy atom. The fraction of sp³-hybridized carbons (Fsp3) is 0.286. The van der Waals surface area contributed by atoms with Gasteiger partial charge in [-0.05, 0) is 49.9 Å². The number of anilines is 1. The number of carbonyl (C=O) groups excluding carboxylic acids is 3. The lowest BCUT2D eigenvalue weighted by atomic mass is 9.93. The number of aryl methyl sites for hydroxylation is 2. The van der Waals surface area contributed by atoms with Gasteiger partial charge in [-0.3, -0.25) is 14.5 Å². The molecule has 0 aromatic heterocycles. The second kappa shape index (κ2) is 8.02. The Morgan fingerprint density at radius 2 is 1.89 bits per heavy atom. The molecule has 1 aliphatic heterocycles. The molecule has 0 unspecified atom stereocenters. The Morgan fingerprint density at radius 3 is 2.57 bits per heavy atom. The maximum absolute atomic E-state index is 12.8. The van der Waals surface area contributed by atoms with Crippen LogP contribution in [0.15, 0.2) is 48.5 Å². The van der Waals surface area contributed by atoms with Crippen LogP contribution in [0.4, 0.5) is 10.5 Å². The van der Waals surface area contributed by atoms with Crippen LogP contribution in [0.3, 0.4) is 0 Å². The van der Waals surface area contributed by atoms with Gasteiger partial charge in [-0.15, -0.1) is 0 Å². The van der Waals surface area contributed by atoms with Crippen LogP contribution < -0.4 is 10.6 Å². The normalized spacial score (nSPS) is 18.9. The molecule has 3 rings (SSSR count). The van der Waals surface area contributed by atoms with E-state index in [2.05, 4.69) is 10.6 Å². The van der Waals surface area contributed by atoms with Crippen molar-refractivity contribution in [2.45, 2.75) is 32.2 Å². The van der Waals surface area contributed by atoms with Gasteiger partial charge >= 0.3 is 6.03 Å². The Bertz CT molecular complexity index is 916. The summed E-state index contributed by atoms with van der Waals surface area (Å²) >= 11 is 6.06. The van der Waals surface area contributed by atoms with Crippen molar-refractivity contribution in [3.63, 3.8) is 0 Å². The van der Waals surface area contributed by atoms with E-state index in [1.165, 1.54) is 0 Å². The van der Waals surface area contributed by atoms with Gasteiger partial charge < -0.3 is 10.6 Å². The third-order valence-corrected chi connectivity index (χ3v) is 5.27. The SMILES string of the molecule is Cc1ccc(NC(=O)CN2C(=O)N[C@](C)(CCc3ccccc3)C2=O)cc1Cl. The lowest BCUT2D eigenvalue weighted by Gasteiger charge is -2.21. The number of benzene rings is 2. The number of hydrogen-bond acceptors (Lipinski definition) is 3. The van der Waals surface area contributed by atoms with Crippen molar-refractivity contribution in [3.05, 3.63) is 64.7 Å². The summed E-state index contributed by atoms with van der Waals surface area (Å²) in [6.07, 6.45) is 1.10. The topological polar surface area (TPSA) is 78.5 Å². The maximum atomic E-state index is 12.8. The van der Waals surface area contributed by atoms with E-state index in [1.54, 1.807) is 25.1 Å². The van der Waals surface area contributed by atoms with E-state index < -0.39 is 23.4 Å². The van der Waals surface area contributed by atoms with Crippen molar-refractivity contribution < 1.29 is 14.4 Å². The average molecular weight is 400 g/mol. The van der Waals surface area contributed by atoms with Crippen LogP contribution in [0, 0.1) is 6.92 Å². The van der Waals surface area contributed by atoms with E-state index >= 15 is 0 Å². The molecule has 0 radical (unpaired) electrons. The highest BCUT2D eigenvalue weighted by atomic mass is 35.5. The zero-order chi connectivity index (χ0) is 20.3. The number of nitrogens with zero attached hydrogens (tertiary/aromatic N) is 1. The molecule has 1 fully saturated rings. The van der Waals surface area contributed by atoms with Gasteiger partial charge in [0.25, 0.3) is 5.91 Å². The van der Waals surface area contributed by atoms with Crippen molar-refractivity contribution >= 4 is 35.1 Å². The molecule has 1 atom stereocenters. The second-order valence-electron chi connectivity index (χ2n) is 7.15. The van der Waals surface area contributed by atoms with E-state index in [-0.39, 0.29) is 6.54 Å². The Hall–Kier alpha value is -2.86. The molecule has 6 nitrogen and oxygen atoms in total. The molecule has 2 N–H and O–H groups in total. The second-order valence-corrected chi connectivity index (χ2v) is 7.56. The summed E-state index contributed by atoms with van der Waals surface area (Å²) in [5.41, 5.74) is 1.46. The minimum atomic E-state index is -1.03. The summed E-state index contributed by atoms with van der Waals surface area (Å²) in [6, 6.07) is 14.3. The zero-order valence-electron chi connectivity index (χ0n) is 15.8. The van der Waals surface area contributed by atoms with E-state index in [0.717, 1.165) is 16.0 Å². The summed E-state index contributed by atoms with van der Waals surface area (Å²) in [7, 11) is 0. The third kappa shape index (κ3) is 4.34. The van der Waals surface area contributed by atoms with Crippen molar-refractivity contribution in [1.29, 1.82) is 0 Å². The van der Waals surface area contributed by atoms with E-state index in [1.807, 2.05) is 37.3 Å². The summed E-state index contributed by atoms with van der Waals surface area (Å²) in [5.74, 6) is -0.860. The molecule has 28 heavy (non-hydrogen) atoms. The molecule has 0 bridgehead atoms. The van der Waals surface area contributed by atoms with Crippen LogP contribution in [-0.2, 0) is 16.0 Å². The number of rotatable bonds is 6. The molecule has 4 amide bonds. The molecule has 2 aromatic carbocycles.